The van der Waals surface area contributed by atoms with Crippen LogP contribution in [0.5, 0.6) is 5.75 Å². The van der Waals surface area contributed by atoms with Crippen molar-refractivity contribution in [3.8, 4) is 5.75 Å². The number of nitrogens with zero attached hydrogens (tertiary/aromatic N) is 1. The van der Waals surface area contributed by atoms with Gasteiger partial charge in [0, 0.05) is 5.92 Å². The molecule has 1 unspecified atom stereocenters. The van der Waals surface area contributed by atoms with Crippen molar-refractivity contribution in [1.82, 2.24) is 0 Å². The highest BCUT2D eigenvalue weighted by Crippen LogP contribution is 2.17. The Bertz CT molecular complexity index is 279. The Labute approximate surface area is 77.6 Å². The van der Waals surface area contributed by atoms with Crippen molar-refractivity contribution in [2.75, 3.05) is 7.11 Å². The van der Waals surface area contributed by atoms with Gasteiger partial charge in [0.2, 0.25) is 0 Å². The van der Waals surface area contributed by atoms with Crippen LogP contribution in [0.25, 0.3) is 0 Å². The molecule has 1 aromatic carbocycles. The molecular formula is C10H13NO2. The maximum atomic E-state index is 8.34. The second kappa shape index (κ2) is 4.50. The van der Waals surface area contributed by atoms with Crippen LogP contribution in [0.3, 0.4) is 0 Å². The summed E-state index contributed by atoms with van der Waals surface area (Å²) in [5.74, 6) is 0.952. The number of rotatable bonds is 3. The van der Waals surface area contributed by atoms with Crippen LogP contribution in [-0.2, 0) is 0 Å². The standard InChI is InChI=1S/C10H13NO2/c1-8(7-11-12)9-3-5-10(13-2)6-4-9/h3-8,12H,1-2H3/b11-7+. The molecule has 70 valence electrons. The van der Waals surface area contributed by atoms with Crippen molar-refractivity contribution in [2.24, 2.45) is 5.16 Å². The zero-order valence-corrected chi connectivity index (χ0v) is 7.77. The molecule has 0 fully saturated rings. The Morgan fingerprint density at radius 1 is 1.38 bits per heavy atom. The number of hydrogen-bond acceptors (Lipinski definition) is 3. The van der Waals surface area contributed by atoms with E-state index in [1.807, 2.05) is 31.2 Å². The molecule has 1 atom stereocenters. The first-order valence-electron chi connectivity index (χ1n) is 4.09. The highest BCUT2D eigenvalue weighted by atomic mass is 16.5. The lowest BCUT2D eigenvalue weighted by Gasteiger charge is -2.05. The molecule has 0 amide bonds. The Kier molecular flexibility index (Phi) is 3.31. The van der Waals surface area contributed by atoms with Crippen LogP contribution < -0.4 is 4.74 Å². The minimum atomic E-state index is 0.121. The zero-order valence-electron chi connectivity index (χ0n) is 7.77. The minimum Gasteiger partial charge on any atom is -0.497 e. The second-order valence-electron chi connectivity index (χ2n) is 2.83. The lowest BCUT2D eigenvalue weighted by molar-refractivity contribution is 0.320. The van der Waals surface area contributed by atoms with Crippen molar-refractivity contribution in [3.63, 3.8) is 0 Å². The Morgan fingerprint density at radius 2 is 2.00 bits per heavy atom. The monoisotopic (exact) mass is 179 g/mol. The van der Waals surface area contributed by atoms with Gasteiger partial charge in [-0.2, -0.15) is 0 Å². The maximum absolute atomic E-state index is 8.34. The molecule has 0 bridgehead atoms. The summed E-state index contributed by atoms with van der Waals surface area (Å²) in [5.41, 5.74) is 1.10. The van der Waals surface area contributed by atoms with Gasteiger partial charge in [0.15, 0.2) is 0 Å². The SMILES string of the molecule is COc1ccc(C(C)/C=N/O)cc1. The average Bonchev–Trinajstić information content (AvgIpc) is 2.18. The molecular weight excluding hydrogens is 166 g/mol. The predicted octanol–water partition coefficient (Wildman–Crippen LogP) is 2.26. The summed E-state index contributed by atoms with van der Waals surface area (Å²) < 4.78 is 5.03. The van der Waals surface area contributed by atoms with Crippen LogP contribution in [0.4, 0.5) is 0 Å². The third-order valence-corrected chi connectivity index (χ3v) is 1.93. The van der Waals surface area contributed by atoms with Gasteiger partial charge in [-0.15, -0.1) is 5.16 Å². The molecule has 0 aliphatic rings. The Morgan fingerprint density at radius 3 is 2.46 bits per heavy atom. The molecule has 0 aliphatic heterocycles. The molecule has 0 aliphatic carbocycles. The first kappa shape index (κ1) is 9.58. The molecule has 1 aromatic rings. The van der Waals surface area contributed by atoms with Crippen LogP contribution >= 0.6 is 0 Å². The van der Waals surface area contributed by atoms with Gasteiger partial charge < -0.3 is 9.94 Å². The molecule has 1 N–H and O–H groups in total. The summed E-state index contributed by atoms with van der Waals surface area (Å²) in [6.45, 7) is 1.96. The summed E-state index contributed by atoms with van der Waals surface area (Å²) in [7, 11) is 1.63. The third-order valence-electron chi connectivity index (χ3n) is 1.93. The molecule has 1 rings (SSSR count). The summed E-state index contributed by atoms with van der Waals surface area (Å²) in [5, 5.41) is 11.3. The lowest BCUT2D eigenvalue weighted by atomic mass is 10.0. The third kappa shape index (κ3) is 2.47. The van der Waals surface area contributed by atoms with E-state index in [-0.39, 0.29) is 5.92 Å². The van der Waals surface area contributed by atoms with Gasteiger partial charge in [-0.3, -0.25) is 0 Å². The van der Waals surface area contributed by atoms with E-state index >= 15 is 0 Å². The van der Waals surface area contributed by atoms with Crippen LogP contribution in [0.1, 0.15) is 18.4 Å². The van der Waals surface area contributed by atoms with Crippen molar-refractivity contribution in [3.05, 3.63) is 29.8 Å². The van der Waals surface area contributed by atoms with Crippen molar-refractivity contribution in [2.45, 2.75) is 12.8 Å². The fraction of sp³-hybridized carbons (Fsp3) is 0.300. The first-order valence-corrected chi connectivity index (χ1v) is 4.09. The number of ether oxygens (including phenoxy) is 1. The number of methoxy groups -OCH3 is 1. The van der Waals surface area contributed by atoms with E-state index in [2.05, 4.69) is 5.16 Å². The molecule has 0 saturated carbocycles. The maximum Gasteiger partial charge on any atom is 0.118 e. The predicted molar refractivity (Wildman–Crippen MR) is 51.7 cm³/mol. The normalized spacial score (nSPS) is 13.1. The smallest absolute Gasteiger partial charge is 0.118 e. The van der Waals surface area contributed by atoms with Gasteiger partial charge >= 0.3 is 0 Å². The highest BCUT2D eigenvalue weighted by molar-refractivity contribution is 5.66. The van der Waals surface area contributed by atoms with E-state index in [0.29, 0.717) is 0 Å². The molecule has 13 heavy (non-hydrogen) atoms. The van der Waals surface area contributed by atoms with E-state index in [4.69, 9.17) is 9.94 Å². The minimum absolute atomic E-state index is 0.121. The zero-order chi connectivity index (χ0) is 9.68. The fourth-order valence-corrected chi connectivity index (χ4v) is 1.09. The van der Waals surface area contributed by atoms with Gasteiger partial charge in [0.05, 0.1) is 13.3 Å². The van der Waals surface area contributed by atoms with E-state index < -0.39 is 0 Å². The number of benzene rings is 1. The van der Waals surface area contributed by atoms with Gasteiger partial charge in [-0.1, -0.05) is 19.1 Å². The van der Waals surface area contributed by atoms with E-state index in [0.717, 1.165) is 11.3 Å². The molecule has 0 radical (unpaired) electrons. The number of hydrogen-bond donors (Lipinski definition) is 1. The Hall–Kier alpha value is -1.51. The summed E-state index contributed by atoms with van der Waals surface area (Å²) >= 11 is 0. The van der Waals surface area contributed by atoms with Crippen LogP contribution in [0, 0.1) is 0 Å². The van der Waals surface area contributed by atoms with Gasteiger partial charge in [0.1, 0.15) is 5.75 Å². The van der Waals surface area contributed by atoms with Crippen LogP contribution in [0.15, 0.2) is 29.4 Å². The topological polar surface area (TPSA) is 41.8 Å². The average molecular weight is 179 g/mol. The van der Waals surface area contributed by atoms with Crippen molar-refractivity contribution < 1.29 is 9.94 Å². The van der Waals surface area contributed by atoms with Crippen LogP contribution in [0.2, 0.25) is 0 Å². The van der Waals surface area contributed by atoms with Crippen molar-refractivity contribution in [1.29, 1.82) is 0 Å². The second-order valence-corrected chi connectivity index (χ2v) is 2.83. The number of oxime groups is 1. The van der Waals surface area contributed by atoms with Gasteiger partial charge in [-0.05, 0) is 17.7 Å². The lowest BCUT2D eigenvalue weighted by Crippen LogP contribution is -1.94. The van der Waals surface area contributed by atoms with Gasteiger partial charge in [0.25, 0.3) is 0 Å². The van der Waals surface area contributed by atoms with E-state index in [9.17, 15) is 0 Å². The highest BCUT2D eigenvalue weighted by Gasteiger charge is 2.01. The first-order chi connectivity index (χ1) is 6.27. The quantitative estimate of drug-likeness (QED) is 0.439. The molecule has 3 nitrogen and oxygen atoms in total. The molecule has 3 heteroatoms. The largest absolute Gasteiger partial charge is 0.497 e. The summed E-state index contributed by atoms with van der Waals surface area (Å²) in [4.78, 5) is 0. The van der Waals surface area contributed by atoms with E-state index in [1.165, 1.54) is 6.21 Å². The molecule has 0 heterocycles. The van der Waals surface area contributed by atoms with E-state index in [1.54, 1.807) is 7.11 Å². The van der Waals surface area contributed by atoms with Crippen LogP contribution in [-0.4, -0.2) is 18.5 Å². The molecule has 0 spiro atoms. The summed E-state index contributed by atoms with van der Waals surface area (Å²) in [6, 6.07) is 7.67. The fourth-order valence-electron chi connectivity index (χ4n) is 1.09. The van der Waals surface area contributed by atoms with Gasteiger partial charge in [-0.25, -0.2) is 0 Å². The summed E-state index contributed by atoms with van der Waals surface area (Å²) in [6.07, 6.45) is 1.49. The Balaban J connectivity index is 2.79. The van der Waals surface area contributed by atoms with Crippen molar-refractivity contribution >= 4 is 6.21 Å². The molecule has 0 aromatic heterocycles. The molecule has 0 saturated heterocycles.